The lowest BCUT2D eigenvalue weighted by molar-refractivity contribution is -0.0505. The van der Waals surface area contributed by atoms with Crippen LogP contribution in [0.4, 0.5) is 13.6 Å². The lowest BCUT2D eigenvalue weighted by Crippen LogP contribution is -2.03. The van der Waals surface area contributed by atoms with Crippen molar-refractivity contribution in [1.29, 1.82) is 0 Å². The highest BCUT2D eigenvalue weighted by molar-refractivity contribution is 7.12. The number of carbonyl (C=O) groups is 1. The van der Waals surface area contributed by atoms with E-state index in [1.807, 2.05) is 0 Å². The van der Waals surface area contributed by atoms with Crippen molar-refractivity contribution in [2.75, 3.05) is 0 Å². The first kappa shape index (κ1) is 10.2. The van der Waals surface area contributed by atoms with E-state index in [2.05, 4.69) is 9.47 Å². The van der Waals surface area contributed by atoms with Gasteiger partial charge in [0.25, 0.3) is 0 Å². The Balaban J connectivity index is 2.71. The van der Waals surface area contributed by atoms with Gasteiger partial charge in [0.2, 0.25) is 5.06 Å². The molecule has 0 radical (unpaired) electrons. The number of halogens is 3. The molecule has 0 fully saturated rings. The maximum atomic E-state index is 11.7. The zero-order chi connectivity index (χ0) is 9.84. The highest BCUT2D eigenvalue weighted by Crippen LogP contribution is 2.34. The van der Waals surface area contributed by atoms with Crippen LogP contribution in [0.2, 0.25) is 0 Å². The second-order valence-electron chi connectivity index (χ2n) is 1.79. The number of ether oxygens (including phenoxy) is 2. The van der Waals surface area contributed by atoms with E-state index in [9.17, 15) is 13.6 Å². The summed E-state index contributed by atoms with van der Waals surface area (Å²) in [5.74, 6) is -0.200. The van der Waals surface area contributed by atoms with Gasteiger partial charge < -0.3 is 9.47 Å². The summed E-state index contributed by atoms with van der Waals surface area (Å²) in [6.07, 6.45) is 0. The summed E-state index contributed by atoms with van der Waals surface area (Å²) in [5.41, 5.74) is -1.10. The van der Waals surface area contributed by atoms with Crippen LogP contribution >= 0.6 is 22.9 Å². The minimum atomic E-state index is -2.96. The molecule has 0 aromatic carbocycles. The van der Waals surface area contributed by atoms with Crippen LogP contribution in [0.1, 0.15) is 0 Å². The molecule has 1 aromatic heterocycles. The Morgan fingerprint density at radius 2 is 2.31 bits per heavy atom. The molecule has 7 heteroatoms. The average molecular weight is 229 g/mol. The molecular weight excluding hydrogens is 226 g/mol. The Labute approximate surface area is 80.8 Å². The van der Waals surface area contributed by atoms with E-state index < -0.39 is 12.0 Å². The van der Waals surface area contributed by atoms with E-state index in [0.717, 1.165) is 11.3 Å². The molecule has 0 bridgehead atoms. The lowest BCUT2D eigenvalue weighted by Gasteiger charge is -2.03. The van der Waals surface area contributed by atoms with Crippen molar-refractivity contribution < 1.29 is 23.0 Å². The number of thiophene rings is 1. The van der Waals surface area contributed by atoms with Crippen LogP contribution in [-0.4, -0.2) is 12.0 Å². The predicted octanol–water partition coefficient (Wildman–Crippen LogP) is 3.09. The molecule has 0 saturated carbocycles. The maximum Gasteiger partial charge on any atom is 0.410 e. The number of rotatable bonds is 3. The van der Waals surface area contributed by atoms with Gasteiger partial charge in [0.1, 0.15) is 0 Å². The molecule has 0 aliphatic carbocycles. The zero-order valence-electron chi connectivity index (χ0n) is 6.00. The van der Waals surface area contributed by atoms with Gasteiger partial charge in [0.05, 0.1) is 0 Å². The number of hydrogen-bond acceptors (Lipinski definition) is 4. The van der Waals surface area contributed by atoms with Gasteiger partial charge >= 0.3 is 12.0 Å². The standard InChI is InChI=1S/C6H3ClF2O3S/c7-5(10)12-4-3(1-2-13-4)11-6(8)9/h1-2,6H. The molecule has 0 aliphatic heterocycles. The zero-order valence-corrected chi connectivity index (χ0v) is 7.57. The Kier molecular flexibility index (Phi) is 3.44. The van der Waals surface area contributed by atoms with Crippen molar-refractivity contribution in [3.63, 3.8) is 0 Å². The largest absolute Gasteiger partial charge is 0.430 e. The van der Waals surface area contributed by atoms with Gasteiger partial charge in [-0.3, -0.25) is 0 Å². The fraction of sp³-hybridized carbons (Fsp3) is 0.167. The van der Waals surface area contributed by atoms with Crippen molar-refractivity contribution in [3.8, 4) is 10.8 Å². The SMILES string of the molecule is O=C(Cl)Oc1sccc1OC(F)F. The summed E-state index contributed by atoms with van der Waals surface area (Å²) in [7, 11) is 0. The van der Waals surface area contributed by atoms with Crippen LogP contribution in [0.5, 0.6) is 10.8 Å². The monoisotopic (exact) mass is 228 g/mol. The Hall–Kier alpha value is -0.880. The molecule has 0 unspecified atom stereocenters. The molecule has 1 rings (SSSR count). The van der Waals surface area contributed by atoms with Crippen LogP contribution in [0, 0.1) is 0 Å². The summed E-state index contributed by atoms with van der Waals surface area (Å²) in [6, 6.07) is 1.26. The predicted molar refractivity (Wildman–Crippen MR) is 42.8 cm³/mol. The topological polar surface area (TPSA) is 35.5 Å². The van der Waals surface area contributed by atoms with Crippen LogP contribution in [0.15, 0.2) is 11.4 Å². The second kappa shape index (κ2) is 4.38. The molecule has 0 spiro atoms. The van der Waals surface area contributed by atoms with Crippen molar-refractivity contribution in [2.24, 2.45) is 0 Å². The Morgan fingerprint density at radius 1 is 1.62 bits per heavy atom. The smallest absolute Gasteiger partial charge is 0.410 e. The van der Waals surface area contributed by atoms with E-state index in [4.69, 9.17) is 11.6 Å². The molecule has 0 N–H and O–H groups in total. The molecular formula is C6H3ClF2O3S. The average Bonchev–Trinajstić information content (AvgIpc) is 2.34. The third-order valence-electron chi connectivity index (χ3n) is 0.985. The fourth-order valence-corrected chi connectivity index (χ4v) is 1.41. The van der Waals surface area contributed by atoms with Crippen LogP contribution in [0.3, 0.4) is 0 Å². The second-order valence-corrected chi connectivity index (χ2v) is 2.98. The van der Waals surface area contributed by atoms with E-state index in [-0.39, 0.29) is 10.8 Å². The van der Waals surface area contributed by atoms with Gasteiger partial charge in [0, 0.05) is 11.6 Å². The van der Waals surface area contributed by atoms with E-state index in [1.54, 1.807) is 0 Å². The minimum Gasteiger partial charge on any atom is -0.430 e. The molecule has 0 atom stereocenters. The first-order valence-corrected chi connectivity index (χ1v) is 4.25. The normalized spacial score (nSPS) is 10.2. The molecule has 0 aliphatic rings. The van der Waals surface area contributed by atoms with Gasteiger partial charge in [-0.15, -0.1) is 11.3 Å². The molecule has 13 heavy (non-hydrogen) atoms. The van der Waals surface area contributed by atoms with Crippen molar-refractivity contribution in [1.82, 2.24) is 0 Å². The molecule has 0 saturated heterocycles. The fourth-order valence-electron chi connectivity index (χ4n) is 0.614. The molecule has 3 nitrogen and oxygen atoms in total. The summed E-state index contributed by atoms with van der Waals surface area (Å²) in [5, 5.41) is 1.35. The highest BCUT2D eigenvalue weighted by Gasteiger charge is 2.13. The van der Waals surface area contributed by atoms with Gasteiger partial charge in [0.15, 0.2) is 5.75 Å². The molecule has 1 heterocycles. The molecule has 1 aromatic rings. The lowest BCUT2D eigenvalue weighted by atomic mass is 10.6. The van der Waals surface area contributed by atoms with Crippen LogP contribution in [0.25, 0.3) is 0 Å². The Morgan fingerprint density at radius 3 is 2.85 bits per heavy atom. The minimum absolute atomic E-state index is 0.0831. The van der Waals surface area contributed by atoms with Crippen molar-refractivity contribution in [3.05, 3.63) is 11.4 Å². The van der Waals surface area contributed by atoms with E-state index >= 15 is 0 Å². The number of hydrogen-bond donors (Lipinski definition) is 0. The first-order chi connectivity index (χ1) is 6.09. The number of alkyl halides is 2. The summed E-state index contributed by atoms with van der Waals surface area (Å²) >= 11 is 5.81. The third kappa shape index (κ3) is 3.16. The van der Waals surface area contributed by atoms with Crippen molar-refractivity contribution >= 4 is 28.4 Å². The van der Waals surface area contributed by atoms with Crippen LogP contribution in [-0.2, 0) is 0 Å². The van der Waals surface area contributed by atoms with Crippen molar-refractivity contribution in [2.45, 2.75) is 6.61 Å². The van der Waals surface area contributed by atoms with Gasteiger partial charge in [-0.05, 0) is 11.4 Å². The summed E-state index contributed by atoms with van der Waals surface area (Å²) < 4.78 is 31.8. The summed E-state index contributed by atoms with van der Waals surface area (Å²) in [4.78, 5) is 10.3. The summed E-state index contributed by atoms with van der Waals surface area (Å²) in [6.45, 7) is -2.96. The third-order valence-corrected chi connectivity index (χ3v) is 1.83. The number of carbonyl (C=O) groups excluding carboxylic acids is 1. The van der Waals surface area contributed by atoms with E-state index in [1.165, 1.54) is 11.4 Å². The van der Waals surface area contributed by atoms with Gasteiger partial charge in [-0.1, -0.05) is 0 Å². The highest BCUT2D eigenvalue weighted by atomic mass is 35.5. The maximum absolute atomic E-state index is 11.7. The quantitative estimate of drug-likeness (QED) is 0.746. The first-order valence-electron chi connectivity index (χ1n) is 2.99. The Bertz CT molecular complexity index is 302. The van der Waals surface area contributed by atoms with E-state index in [0.29, 0.717) is 0 Å². The molecule has 0 amide bonds. The van der Waals surface area contributed by atoms with Gasteiger partial charge in [-0.25, -0.2) is 4.79 Å². The van der Waals surface area contributed by atoms with Gasteiger partial charge in [-0.2, -0.15) is 8.78 Å². The van der Waals surface area contributed by atoms with Crippen LogP contribution < -0.4 is 9.47 Å². The molecule has 72 valence electrons.